The third-order valence-electron chi connectivity index (χ3n) is 4.62. The quantitative estimate of drug-likeness (QED) is 0.152. The molecule has 0 fully saturated rings. The van der Waals surface area contributed by atoms with Crippen molar-refractivity contribution in [2.24, 2.45) is 5.16 Å². The number of benzene rings is 1. The summed E-state index contributed by atoms with van der Waals surface area (Å²) in [4.78, 5) is 0. The van der Waals surface area contributed by atoms with Gasteiger partial charge in [-0.25, -0.2) is 0 Å². The minimum atomic E-state index is 0.730. The topological polar surface area (TPSA) is 41.8 Å². The van der Waals surface area contributed by atoms with E-state index in [0.717, 1.165) is 24.3 Å². The zero-order valence-corrected chi connectivity index (χ0v) is 16.1. The van der Waals surface area contributed by atoms with E-state index in [4.69, 9.17) is 9.94 Å². The number of oxime groups is 1. The molecule has 0 bridgehead atoms. The van der Waals surface area contributed by atoms with E-state index in [1.54, 1.807) is 0 Å². The Bertz CT molecular complexity index is 445. The van der Waals surface area contributed by atoms with Crippen molar-refractivity contribution in [2.45, 2.75) is 90.4 Å². The summed E-state index contributed by atoms with van der Waals surface area (Å²) in [5, 5.41) is 11.7. The van der Waals surface area contributed by atoms with Gasteiger partial charge in [0, 0.05) is 5.56 Å². The number of rotatable bonds is 16. The molecule has 0 spiro atoms. The highest BCUT2D eigenvalue weighted by atomic mass is 16.5. The second kappa shape index (κ2) is 16.0. The summed E-state index contributed by atoms with van der Waals surface area (Å²) in [6, 6.07) is 7.65. The van der Waals surface area contributed by atoms with Crippen molar-refractivity contribution in [2.75, 3.05) is 6.61 Å². The molecule has 1 aromatic carbocycles. The first-order valence-corrected chi connectivity index (χ1v) is 10.3. The Balaban J connectivity index is 1.89. The molecule has 0 unspecified atom stereocenters. The number of nitrogens with zero attached hydrogens (tertiary/aromatic N) is 1. The maximum atomic E-state index is 8.65. The molecule has 1 aromatic rings. The van der Waals surface area contributed by atoms with Gasteiger partial charge in [0.15, 0.2) is 0 Å². The van der Waals surface area contributed by atoms with E-state index < -0.39 is 0 Å². The number of ether oxygens (including phenoxy) is 1. The lowest BCUT2D eigenvalue weighted by Gasteiger charge is -2.08. The lowest BCUT2D eigenvalue weighted by Crippen LogP contribution is -2.00. The van der Waals surface area contributed by atoms with Gasteiger partial charge in [-0.2, -0.15) is 0 Å². The van der Waals surface area contributed by atoms with Gasteiger partial charge in [-0.3, -0.25) is 0 Å². The fourth-order valence-corrected chi connectivity index (χ4v) is 3.08. The molecule has 0 aliphatic rings. The smallest absolute Gasteiger partial charge is 0.128 e. The van der Waals surface area contributed by atoms with E-state index >= 15 is 0 Å². The highest BCUT2D eigenvalue weighted by Gasteiger charge is 2.00. The zero-order chi connectivity index (χ0) is 18.0. The highest BCUT2D eigenvalue weighted by molar-refractivity contribution is 5.82. The molecule has 3 heteroatoms. The predicted molar refractivity (Wildman–Crippen MR) is 107 cm³/mol. The van der Waals surface area contributed by atoms with Gasteiger partial charge in [0.05, 0.1) is 12.8 Å². The van der Waals surface area contributed by atoms with Crippen molar-refractivity contribution in [3.05, 3.63) is 29.8 Å². The first kappa shape index (κ1) is 21.5. The third-order valence-corrected chi connectivity index (χ3v) is 4.62. The standard InChI is InChI=1S/C22H37NO2/c1-2-3-4-5-6-7-8-9-10-11-12-13-16-19-25-22-18-15-14-17-21(22)20-23-24/h14-15,17-18,20,24H,2-13,16,19H2,1H3. The van der Waals surface area contributed by atoms with E-state index in [9.17, 15) is 0 Å². The summed E-state index contributed by atoms with van der Waals surface area (Å²) in [7, 11) is 0. The Hall–Kier alpha value is -1.51. The van der Waals surface area contributed by atoms with Crippen LogP contribution in [-0.2, 0) is 0 Å². The predicted octanol–water partition coefficient (Wildman–Crippen LogP) is 6.96. The van der Waals surface area contributed by atoms with Crippen LogP contribution in [0.3, 0.4) is 0 Å². The van der Waals surface area contributed by atoms with Crippen LogP contribution >= 0.6 is 0 Å². The number of unbranched alkanes of at least 4 members (excludes halogenated alkanes) is 12. The van der Waals surface area contributed by atoms with E-state index in [-0.39, 0.29) is 0 Å². The van der Waals surface area contributed by atoms with Gasteiger partial charge in [0.25, 0.3) is 0 Å². The summed E-state index contributed by atoms with van der Waals surface area (Å²) in [5.74, 6) is 0.791. The second-order valence-electron chi connectivity index (χ2n) is 6.87. The SMILES string of the molecule is CCCCCCCCCCCCCCCOc1ccccc1C=NO. The van der Waals surface area contributed by atoms with Gasteiger partial charge >= 0.3 is 0 Å². The van der Waals surface area contributed by atoms with Crippen LogP contribution in [0, 0.1) is 0 Å². The van der Waals surface area contributed by atoms with Gasteiger partial charge in [-0.15, -0.1) is 0 Å². The van der Waals surface area contributed by atoms with Crippen molar-refractivity contribution >= 4 is 6.21 Å². The van der Waals surface area contributed by atoms with Crippen molar-refractivity contribution in [1.29, 1.82) is 0 Å². The van der Waals surface area contributed by atoms with Crippen LogP contribution in [0.25, 0.3) is 0 Å². The van der Waals surface area contributed by atoms with Crippen molar-refractivity contribution in [3.63, 3.8) is 0 Å². The normalized spacial score (nSPS) is 11.2. The Morgan fingerprint density at radius 2 is 1.32 bits per heavy atom. The van der Waals surface area contributed by atoms with Gasteiger partial charge in [-0.05, 0) is 18.6 Å². The molecule has 0 aromatic heterocycles. The first-order chi connectivity index (χ1) is 12.4. The minimum Gasteiger partial charge on any atom is -0.493 e. The van der Waals surface area contributed by atoms with Crippen LogP contribution in [0.1, 0.15) is 96.0 Å². The largest absolute Gasteiger partial charge is 0.493 e. The minimum absolute atomic E-state index is 0.730. The molecule has 142 valence electrons. The van der Waals surface area contributed by atoms with Crippen molar-refractivity contribution in [3.8, 4) is 5.75 Å². The molecule has 0 saturated heterocycles. The fraction of sp³-hybridized carbons (Fsp3) is 0.682. The summed E-state index contributed by atoms with van der Waals surface area (Å²) in [6.45, 7) is 3.01. The average Bonchev–Trinajstić information content (AvgIpc) is 2.63. The molecule has 1 rings (SSSR count). The molecule has 0 saturated carbocycles. The summed E-state index contributed by atoms with van der Waals surface area (Å²) < 4.78 is 5.79. The van der Waals surface area contributed by atoms with Gasteiger partial charge in [0.1, 0.15) is 5.75 Å². The first-order valence-electron chi connectivity index (χ1n) is 10.3. The molecule has 25 heavy (non-hydrogen) atoms. The molecule has 0 aliphatic carbocycles. The zero-order valence-electron chi connectivity index (χ0n) is 16.1. The average molecular weight is 348 g/mol. The Kier molecular flexibility index (Phi) is 13.8. The van der Waals surface area contributed by atoms with Crippen LogP contribution in [0.15, 0.2) is 29.4 Å². The number of hydrogen-bond donors (Lipinski definition) is 1. The summed E-state index contributed by atoms with van der Waals surface area (Å²) >= 11 is 0. The van der Waals surface area contributed by atoms with E-state index in [2.05, 4.69) is 12.1 Å². The Morgan fingerprint density at radius 3 is 1.88 bits per heavy atom. The molecule has 1 N–H and O–H groups in total. The Labute approximate surface area is 154 Å². The van der Waals surface area contributed by atoms with Crippen LogP contribution in [0.2, 0.25) is 0 Å². The lowest BCUT2D eigenvalue weighted by molar-refractivity contribution is 0.302. The molecule has 0 atom stereocenters. The molecular weight excluding hydrogens is 310 g/mol. The second-order valence-corrected chi connectivity index (χ2v) is 6.87. The molecule has 0 radical (unpaired) electrons. The lowest BCUT2D eigenvalue weighted by atomic mass is 10.0. The van der Waals surface area contributed by atoms with Crippen LogP contribution in [-0.4, -0.2) is 18.0 Å². The number of hydrogen-bond acceptors (Lipinski definition) is 3. The van der Waals surface area contributed by atoms with Crippen LogP contribution in [0.4, 0.5) is 0 Å². The maximum Gasteiger partial charge on any atom is 0.128 e. The summed E-state index contributed by atoms with van der Waals surface area (Å²) in [5.41, 5.74) is 0.819. The third kappa shape index (κ3) is 11.6. The maximum absolute atomic E-state index is 8.65. The molecule has 3 nitrogen and oxygen atoms in total. The monoisotopic (exact) mass is 347 g/mol. The van der Waals surface area contributed by atoms with Gasteiger partial charge in [-0.1, -0.05) is 101 Å². The number of para-hydroxylation sites is 1. The Morgan fingerprint density at radius 1 is 0.800 bits per heavy atom. The van der Waals surface area contributed by atoms with Crippen molar-refractivity contribution < 1.29 is 9.94 Å². The highest BCUT2D eigenvalue weighted by Crippen LogP contribution is 2.17. The van der Waals surface area contributed by atoms with E-state index in [1.165, 1.54) is 83.3 Å². The van der Waals surface area contributed by atoms with Crippen LogP contribution in [0.5, 0.6) is 5.75 Å². The van der Waals surface area contributed by atoms with E-state index in [1.807, 2.05) is 24.3 Å². The summed E-state index contributed by atoms with van der Waals surface area (Å²) in [6.07, 6.45) is 19.0. The van der Waals surface area contributed by atoms with Gasteiger partial charge in [0.2, 0.25) is 0 Å². The fourth-order valence-electron chi connectivity index (χ4n) is 3.08. The molecule has 0 heterocycles. The van der Waals surface area contributed by atoms with Crippen LogP contribution < -0.4 is 4.74 Å². The molecule has 0 amide bonds. The van der Waals surface area contributed by atoms with E-state index in [0.29, 0.717) is 0 Å². The van der Waals surface area contributed by atoms with Gasteiger partial charge < -0.3 is 9.94 Å². The molecular formula is C22H37NO2. The van der Waals surface area contributed by atoms with Crippen molar-refractivity contribution in [1.82, 2.24) is 0 Å². The molecule has 0 aliphatic heterocycles.